The number of piperazine rings is 1. The third-order valence-corrected chi connectivity index (χ3v) is 6.04. The van der Waals surface area contributed by atoms with Crippen LogP contribution in [0.2, 0.25) is 0 Å². The highest BCUT2D eigenvalue weighted by Gasteiger charge is 2.30. The molecule has 0 saturated carbocycles. The van der Waals surface area contributed by atoms with E-state index in [4.69, 9.17) is 0 Å². The number of rotatable bonds is 6. The largest absolute Gasteiger partial charge is 0.369 e. The molecular weight excluding hydrogens is 422 g/mol. The summed E-state index contributed by atoms with van der Waals surface area (Å²) in [4.78, 5) is 4.69. The van der Waals surface area contributed by atoms with Gasteiger partial charge < -0.3 is 4.90 Å². The van der Waals surface area contributed by atoms with Gasteiger partial charge in [0.15, 0.2) is 5.82 Å². The number of anilines is 1. The molecule has 5 rings (SSSR count). The van der Waals surface area contributed by atoms with Crippen LogP contribution in [0.3, 0.4) is 0 Å². The number of benzene rings is 3. The van der Waals surface area contributed by atoms with Crippen molar-refractivity contribution >= 4 is 5.69 Å². The van der Waals surface area contributed by atoms with Crippen LogP contribution in [0, 0.1) is 11.6 Å². The van der Waals surface area contributed by atoms with Crippen molar-refractivity contribution < 1.29 is 8.78 Å². The maximum absolute atomic E-state index is 13.7. The molecule has 0 radical (unpaired) electrons. The van der Waals surface area contributed by atoms with Crippen molar-refractivity contribution in [2.75, 3.05) is 31.1 Å². The summed E-state index contributed by atoms with van der Waals surface area (Å²) in [7, 11) is 0. The van der Waals surface area contributed by atoms with E-state index >= 15 is 0 Å². The molecule has 4 aromatic rings. The molecule has 0 bridgehead atoms. The predicted octanol–water partition coefficient (Wildman–Crippen LogP) is 3.91. The van der Waals surface area contributed by atoms with Crippen LogP contribution in [0.1, 0.15) is 23.0 Å². The monoisotopic (exact) mass is 446 g/mol. The summed E-state index contributed by atoms with van der Waals surface area (Å²) in [5, 5.41) is 12.5. The Kier molecular flexibility index (Phi) is 6.08. The van der Waals surface area contributed by atoms with Gasteiger partial charge in [-0.1, -0.05) is 42.5 Å². The van der Waals surface area contributed by atoms with Crippen LogP contribution < -0.4 is 4.90 Å². The van der Waals surface area contributed by atoms with Crippen LogP contribution in [0.25, 0.3) is 0 Å². The number of para-hydroxylation sites is 1. The molecule has 0 unspecified atom stereocenters. The lowest BCUT2D eigenvalue weighted by molar-refractivity contribution is 0.201. The highest BCUT2D eigenvalue weighted by Crippen LogP contribution is 2.29. The van der Waals surface area contributed by atoms with Crippen molar-refractivity contribution in [3.63, 3.8) is 0 Å². The van der Waals surface area contributed by atoms with E-state index in [9.17, 15) is 8.78 Å². The molecule has 1 saturated heterocycles. The lowest BCUT2D eigenvalue weighted by Gasteiger charge is -2.39. The number of halogens is 2. The Balaban J connectivity index is 1.42. The normalized spacial score (nSPS) is 15.5. The summed E-state index contributed by atoms with van der Waals surface area (Å²) >= 11 is 0. The average Bonchev–Trinajstić information content (AvgIpc) is 3.30. The maximum Gasteiger partial charge on any atom is 0.173 e. The van der Waals surface area contributed by atoms with Gasteiger partial charge in [0.2, 0.25) is 0 Å². The second kappa shape index (κ2) is 9.46. The zero-order valence-electron chi connectivity index (χ0n) is 18.1. The van der Waals surface area contributed by atoms with Gasteiger partial charge in [0.1, 0.15) is 11.6 Å². The zero-order valence-corrected chi connectivity index (χ0v) is 18.1. The molecule has 3 aromatic carbocycles. The Morgan fingerprint density at radius 3 is 2.06 bits per heavy atom. The van der Waals surface area contributed by atoms with Gasteiger partial charge >= 0.3 is 0 Å². The molecule has 1 aliphatic heterocycles. The van der Waals surface area contributed by atoms with Crippen LogP contribution in [-0.2, 0) is 6.54 Å². The van der Waals surface area contributed by atoms with E-state index in [0.717, 1.165) is 37.3 Å². The van der Waals surface area contributed by atoms with Crippen LogP contribution in [0.5, 0.6) is 0 Å². The first-order valence-corrected chi connectivity index (χ1v) is 11.0. The SMILES string of the molecule is Fc1ccc(Cn2nnnc2[C@@H](c2ccc(F)cc2)N2CCN(c3ccccc3)CC2)cc1. The maximum atomic E-state index is 13.7. The fraction of sp³-hybridized carbons (Fsp3) is 0.240. The molecule has 33 heavy (non-hydrogen) atoms. The summed E-state index contributed by atoms with van der Waals surface area (Å²) < 4.78 is 28.8. The van der Waals surface area contributed by atoms with E-state index in [-0.39, 0.29) is 17.7 Å². The average molecular weight is 447 g/mol. The van der Waals surface area contributed by atoms with Gasteiger partial charge in [-0.25, -0.2) is 13.5 Å². The molecule has 1 aromatic heterocycles. The van der Waals surface area contributed by atoms with E-state index < -0.39 is 0 Å². The lowest BCUT2D eigenvalue weighted by Crippen LogP contribution is -2.48. The minimum absolute atomic E-state index is 0.223. The first-order valence-electron chi connectivity index (χ1n) is 11.0. The van der Waals surface area contributed by atoms with Crippen molar-refractivity contribution in [3.05, 3.63) is 107 Å². The molecular formula is C25H24F2N6. The minimum atomic E-state index is -0.281. The molecule has 0 aliphatic carbocycles. The van der Waals surface area contributed by atoms with Crippen LogP contribution in [-0.4, -0.2) is 51.3 Å². The smallest absolute Gasteiger partial charge is 0.173 e. The molecule has 2 heterocycles. The third-order valence-electron chi connectivity index (χ3n) is 6.04. The van der Waals surface area contributed by atoms with E-state index in [0.29, 0.717) is 12.4 Å². The fourth-order valence-corrected chi connectivity index (χ4v) is 4.33. The molecule has 1 atom stereocenters. The highest BCUT2D eigenvalue weighted by atomic mass is 19.1. The van der Waals surface area contributed by atoms with Gasteiger partial charge in [-0.3, -0.25) is 4.90 Å². The van der Waals surface area contributed by atoms with Crippen molar-refractivity contribution in [1.82, 2.24) is 25.1 Å². The summed E-state index contributed by atoms with van der Waals surface area (Å²) in [6, 6.07) is 23.0. The molecule has 168 valence electrons. The van der Waals surface area contributed by atoms with Crippen molar-refractivity contribution in [1.29, 1.82) is 0 Å². The summed E-state index contributed by atoms with van der Waals surface area (Å²) in [6.45, 7) is 3.76. The number of aromatic nitrogens is 4. The molecule has 0 spiro atoms. The molecule has 0 amide bonds. The lowest BCUT2D eigenvalue weighted by atomic mass is 10.0. The summed E-state index contributed by atoms with van der Waals surface area (Å²) in [5.74, 6) is 0.118. The van der Waals surface area contributed by atoms with Gasteiger partial charge in [0, 0.05) is 31.9 Å². The van der Waals surface area contributed by atoms with Crippen molar-refractivity contribution in [2.24, 2.45) is 0 Å². The molecule has 1 aliphatic rings. The second-order valence-electron chi connectivity index (χ2n) is 8.13. The van der Waals surface area contributed by atoms with Crippen LogP contribution in [0.15, 0.2) is 78.9 Å². The Morgan fingerprint density at radius 2 is 1.39 bits per heavy atom. The number of hydrogen-bond donors (Lipinski definition) is 0. The topological polar surface area (TPSA) is 50.1 Å². The van der Waals surface area contributed by atoms with Gasteiger partial charge in [-0.15, -0.1) is 5.10 Å². The number of hydrogen-bond acceptors (Lipinski definition) is 5. The third kappa shape index (κ3) is 4.75. The molecule has 8 heteroatoms. The van der Waals surface area contributed by atoms with Crippen LogP contribution in [0.4, 0.5) is 14.5 Å². The van der Waals surface area contributed by atoms with E-state index in [1.165, 1.54) is 30.0 Å². The summed E-state index contributed by atoms with van der Waals surface area (Å²) in [6.07, 6.45) is 0. The Bertz CT molecular complexity index is 1170. The Morgan fingerprint density at radius 1 is 0.758 bits per heavy atom. The van der Waals surface area contributed by atoms with Gasteiger partial charge in [-0.05, 0) is 58.0 Å². The molecule has 1 fully saturated rings. The number of tetrazole rings is 1. The fourth-order valence-electron chi connectivity index (χ4n) is 4.33. The van der Waals surface area contributed by atoms with Crippen molar-refractivity contribution in [2.45, 2.75) is 12.6 Å². The quantitative estimate of drug-likeness (QED) is 0.450. The molecule has 6 nitrogen and oxygen atoms in total. The van der Waals surface area contributed by atoms with Gasteiger partial charge in [-0.2, -0.15) is 0 Å². The zero-order chi connectivity index (χ0) is 22.6. The van der Waals surface area contributed by atoms with Gasteiger partial charge in [0.05, 0.1) is 12.6 Å². The van der Waals surface area contributed by atoms with E-state index in [1.807, 2.05) is 18.2 Å². The Hall–Kier alpha value is -3.65. The number of nitrogens with zero attached hydrogens (tertiary/aromatic N) is 6. The molecule has 0 N–H and O–H groups in total. The van der Waals surface area contributed by atoms with Crippen LogP contribution >= 0.6 is 0 Å². The highest BCUT2D eigenvalue weighted by molar-refractivity contribution is 5.46. The summed E-state index contributed by atoms with van der Waals surface area (Å²) in [5.41, 5.74) is 3.04. The van der Waals surface area contributed by atoms with E-state index in [2.05, 4.69) is 37.5 Å². The first kappa shape index (κ1) is 21.2. The van der Waals surface area contributed by atoms with E-state index in [1.54, 1.807) is 28.9 Å². The standard InChI is InChI=1S/C25H24F2N6/c26-21-10-6-19(7-11-21)18-33-25(28-29-30-33)24(20-8-12-22(27)13-9-20)32-16-14-31(15-17-32)23-4-2-1-3-5-23/h1-13,24H,14-18H2/t24-/m1/s1. The first-order chi connectivity index (χ1) is 16.2. The minimum Gasteiger partial charge on any atom is -0.369 e. The predicted molar refractivity (Wildman–Crippen MR) is 122 cm³/mol. The van der Waals surface area contributed by atoms with Crippen molar-refractivity contribution in [3.8, 4) is 0 Å². The second-order valence-corrected chi connectivity index (χ2v) is 8.13. The Labute approximate surface area is 191 Å². The van der Waals surface area contributed by atoms with Gasteiger partial charge in [0.25, 0.3) is 0 Å².